The molecule has 7 heteroatoms. The molecule has 3 aromatic rings. The third-order valence-corrected chi connectivity index (χ3v) is 4.22. The number of rotatable bonds is 9. The number of methoxy groups -OCH3 is 2. The zero-order valence-electron chi connectivity index (χ0n) is 16.0. The van der Waals surface area contributed by atoms with Crippen LogP contribution in [0.15, 0.2) is 52.9 Å². The standard InChI is InChI=1S/C21H23N3O4/c1-26-17-7-3-5-15(13-17)11-12-22-19(25)9-10-20-23-24-21(28-20)16-6-4-8-18(14-16)27-2/h3-8,13-14H,9-12H2,1-2H3,(H,22,25). The van der Waals surface area contributed by atoms with Crippen LogP contribution in [0.4, 0.5) is 0 Å². The monoisotopic (exact) mass is 381 g/mol. The highest BCUT2D eigenvalue weighted by atomic mass is 16.5. The fraction of sp³-hybridized carbons (Fsp3) is 0.286. The van der Waals surface area contributed by atoms with Gasteiger partial charge in [-0.25, -0.2) is 0 Å². The van der Waals surface area contributed by atoms with E-state index in [9.17, 15) is 4.79 Å². The summed E-state index contributed by atoms with van der Waals surface area (Å²) in [7, 11) is 3.24. The maximum Gasteiger partial charge on any atom is 0.247 e. The third-order valence-electron chi connectivity index (χ3n) is 4.22. The molecule has 1 amide bonds. The lowest BCUT2D eigenvalue weighted by Gasteiger charge is -2.06. The first kappa shape index (κ1) is 19.4. The average molecular weight is 381 g/mol. The zero-order valence-corrected chi connectivity index (χ0v) is 16.0. The van der Waals surface area contributed by atoms with Crippen LogP contribution in [0.25, 0.3) is 11.5 Å². The van der Waals surface area contributed by atoms with Crippen molar-refractivity contribution in [2.24, 2.45) is 0 Å². The molecule has 28 heavy (non-hydrogen) atoms. The number of amides is 1. The number of aromatic nitrogens is 2. The van der Waals surface area contributed by atoms with Gasteiger partial charge in [-0.2, -0.15) is 0 Å². The van der Waals surface area contributed by atoms with Crippen molar-refractivity contribution in [1.82, 2.24) is 15.5 Å². The van der Waals surface area contributed by atoms with Gasteiger partial charge >= 0.3 is 0 Å². The second-order valence-electron chi connectivity index (χ2n) is 6.18. The first-order valence-corrected chi connectivity index (χ1v) is 9.04. The summed E-state index contributed by atoms with van der Waals surface area (Å²) in [6.07, 6.45) is 1.42. The van der Waals surface area contributed by atoms with Crippen LogP contribution in [0.2, 0.25) is 0 Å². The summed E-state index contributed by atoms with van der Waals surface area (Å²) >= 11 is 0. The van der Waals surface area contributed by atoms with Crippen molar-refractivity contribution in [2.45, 2.75) is 19.3 Å². The van der Waals surface area contributed by atoms with Crippen molar-refractivity contribution in [3.8, 4) is 23.0 Å². The van der Waals surface area contributed by atoms with E-state index in [0.29, 0.717) is 30.5 Å². The van der Waals surface area contributed by atoms with Crippen LogP contribution in [-0.4, -0.2) is 36.9 Å². The molecule has 0 aliphatic rings. The van der Waals surface area contributed by atoms with Crippen molar-refractivity contribution in [3.05, 3.63) is 60.0 Å². The summed E-state index contributed by atoms with van der Waals surface area (Å²) in [5.74, 6) is 2.32. The van der Waals surface area contributed by atoms with Crippen LogP contribution in [0.3, 0.4) is 0 Å². The summed E-state index contributed by atoms with van der Waals surface area (Å²) in [5, 5.41) is 11.0. The number of ether oxygens (including phenoxy) is 2. The highest BCUT2D eigenvalue weighted by Crippen LogP contribution is 2.22. The molecule has 146 valence electrons. The molecule has 0 aliphatic heterocycles. The second-order valence-corrected chi connectivity index (χ2v) is 6.18. The third kappa shape index (κ3) is 5.33. The predicted octanol–water partition coefficient (Wildman–Crippen LogP) is 3.05. The van der Waals surface area contributed by atoms with E-state index in [1.165, 1.54) is 0 Å². The minimum atomic E-state index is -0.0518. The largest absolute Gasteiger partial charge is 0.497 e. The molecule has 0 unspecified atom stereocenters. The Labute approximate surface area is 163 Å². The van der Waals surface area contributed by atoms with E-state index in [1.807, 2.05) is 48.5 Å². The van der Waals surface area contributed by atoms with E-state index >= 15 is 0 Å². The molecule has 0 saturated heterocycles. The molecule has 0 atom stereocenters. The number of hydrogen-bond acceptors (Lipinski definition) is 6. The van der Waals surface area contributed by atoms with Gasteiger partial charge < -0.3 is 19.2 Å². The lowest BCUT2D eigenvalue weighted by atomic mass is 10.1. The Morgan fingerprint density at radius 3 is 2.54 bits per heavy atom. The lowest BCUT2D eigenvalue weighted by molar-refractivity contribution is -0.121. The zero-order chi connectivity index (χ0) is 19.8. The van der Waals surface area contributed by atoms with Gasteiger partial charge in [0.05, 0.1) is 14.2 Å². The van der Waals surface area contributed by atoms with Crippen LogP contribution in [0, 0.1) is 0 Å². The first-order chi connectivity index (χ1) is 13.7. The van der Waals surface area contributed by atoms with Gasteiger partial charge in [0.25, 0.3) is 0 Å². The summed E-state index contributed by atoms with van der Waals surface area (Å²) in [6.45, 7) is 0.560. The van der Waals surface area contributed by atoms with Gasteiger partial charge in [-0.1, -0.05) is 18.2 Å². The van der Waals surface area contributed by atoms with Crippen LogP contribution in [-0.2, 0) is 17.6 Å². The SMILES string of the molecule is COc1cccc(CCNC(=O)CCc2nnc(-c3cccc(OC)c3)o2)c1. The quantitative estimate of drug-likeness (QED) is 0.613. The van der Waals surface area contributed by atoms with Gasteiger partial charge in [-0.05, 0) is 42.3 Å². The second kappa shape index (κ2) is 9.55. The Hall–Kier alpha value is -3.35. The molecule has 0 bridgehead atoms. The average Bonchev–Trinajstić information content (AvgIpc) is 3.21. The minimum absolute atomic E-state index is 0.0518. The highest BCUT2D eigenvalue weighted by Gasteiger charge is 2.11. The van der Waals surface area contributed by atoms with E-state index in [4.69, 9.17) is 13.9 Å². The van der Waals surface area contributed by atoms with Crippen LogP contribution in [0.1, 0.15) is 17.9 Å². The number of aryl methyl sites for hydroxylation is 1. The molecular formula is C21H23N3O4. The summed E-state index contributed by atoms with van der Waals surface area (Å²) < 4.78 is 16.0. The molecule has 0 fully saturated rings. The Kier molecular flexibility index (Phi) is 6.62. The normalized spacial score (nSPS) is 10.5. The summed E-state index contributed by atoms with van der Waals surface area (Å²) in [6, 6.07) is 15.2. The van der Waals surface area contributed by atoms with Crippen LogP contribution < -0.4 is 14.8 Å². The smallest absolute Gasteiger partial charge is 0.247 e. The number of nitrogens with zero attached hydrogens (tertiary/aromatic N) is 2. The predicted molar refractivity (Wildman–Crippen MR) is 104 cm³/mol. The highest BCUT2D eigenvalue weighted by molar-refractivity contribution is 5.76. The van der Waals surface area contributed by atoms with Crippen molar-refractivity contribution < 1.29 is 18.7 Å². The Morgan fingerprint density at radius 2 is 1.75 bits per heavy atom. The molecule has 1 aromatic heterocycles. The van der Waals surface area contributed by atoms with Gasteiger partial charge in [0.15, 0.2) is 0 Å². The fourth-order valence-corrected chi connectivity index (χ4v) is 2.71. The summed E-state index contributed by atoms with van der Waals surface area (Å²) in [5.41, 5.74) is 1.89. The number of carbonyl (C=O) groups is 1. The molecule has 1 N–H and O–H groups in total. The Bertz CT molecular complexity index is 923. The van der Waals surface area contributed by atoms with Gasteiger partial charge in [0, 0.05) is 24.9 Å². The topological polar surface area (TPSA) is 86.5 Å². The van der Waals surface area contributed by atoms with E-state index in [-0.39, 0.29) is 12.3 Å². The molecule has 0 saturated carbocycles. The Balaban J connectivity index is 1.45. The molecule has 0 radical (unpaired) electrons. The fourth-order valence-electron chi connectivity index (χ4n) is 2.71. The van der Waals surface area contributed by atoms with Crippen molar-refractivity contribution in [3.63, 3.8) is 0 Å². The van der Waals surface area contributed by atoms with Crippen molar-refractivity contribution in [1.29, 1.82) is 0 Å². The van der Waals surface area contributed by atoms with Gasteiger partial charge in [0.1, 0.15) is 11.5 Å². The summed E-state index contributed by atoms with van der Waals surface area (Å²) in [4.78, 5) is 12.0. The molecular weight excluding hydrogens is 358 g/mol. The molecule has 7 nitrogen and oxygen atoms in total. The number of carbonyl (C=O) groups excluding carboxylic acids is 1. The molecule has 3 rings (SSSR count). The van der Waals surface area contributed by atoms with E-state index < -0.39 is 0 Å². The van der Waals surface area contributed by atoms with Crippen LogP contribution in [0.5, 0.6) is 11.5 Å². The number of nitrogens with one attached hydrogen (secondary N) is 1. The van der Waals surface area contributed by atoms with E-state index in [2.05, 4.69) is 15.5 Å². The van der Waals surface area contributed by atoms with Crippen molar-refractivity contribution in [2.75, 3.05) is 20.8 Å². The first-order valence-electron chi connectivity index (χ1n) is 9.04. The van der Waals surface area contributed by atoms with Gasteiger partial charge in [0.2, 0.25) is 17.7 Å². The van der Waals surface area contributed by atoms with Crippen LogP contribution >= 0.6 is 0 Å². The molecule has 0 spiro atoms. The molecule has 1 heterocycles. The van der Waals surface area contributed by atoms with Gasteiger partial charge in [-0.3, -0.25) is 4.79 Å². The maximum atomic E-state index is 12.0. The molecule has 0 aliphatic carbocycles. The maximum absolute atomic E-state index is 12.0. The van der Waals surface area contributed by atoms with Crippen molar-refractivity contribution >= 4 is 5.91 Å². The minimum Gasteiger partial charge on any atom is -0.497 e. The Morgan fingerprint density at radius 1 is 1.00 bits per heavy atom. The molecule has 2 aromatic carbocycles. The number of benzene rings is 2. The van der Waals surface area contributed by atoms with E-state index in [0.717, 1.165) is 23.3 Å². The van der Waals surface area contributed by atoms with Gasteiger partial charge in [-0.15, -0.1) is 10.2 Å². The van der Waals surface area contributed by atoms with E-state index in [1.54, 1.807) is 14.2 Å². The number of hydrogen-bond donors (Lipinski definition) is 1. The lowest BCUT2D eigenvalue weighted by Crippen LogP contribution is -2.25.